The molecule has 7 rings (SSSR count). The van der Waals surface area contributed by atoms with Gasteiger partial charge in [0.1, 0.15) is 28.3 Å². The minimum Gasteiger partial charge on any atom is -0.482 e. The van der Waals surface area contributed by atoms with Gasteiger partial charge in [0.2, 0.25) is 5.82 Å². The molecule has 0 unspecified atom stereocenters. The number of carbonyl (C=O) groups excluding carboxylic acids is 4. The van der Waals surface area contributed by atoms with Crippen molar-refractivity contribution >= 4 is 35.1 Å². The second-order valence-corrected chi connectivity index (χ2v) is 15.4. The maximum absolute atomic E-state index is 13.5. The molecule has 0 atom stereocenters. The number of tetrazole rings is 1. The van der Waals surface area contributed by atoms with Crippen molar-refractivity contribution in [1.29, 1.82) is 0 Å². The maximum Gasteiger partial charge on any atom is 0.338 e. The van der Waals surface area contributed by atoms with Gasteiger partial charge in [-0.05, 0) is 106 Å². The van der Waals surface area contributed by atoms with Gasteiger partial charge in [0.15, 0.2) is 12.3 Å². The molecule has 1 aliphatic rings. The van der Waals surface area contributed by atoms with E-state index in [9.17, 15) is 19.2 Å². The third-order valence-electron chi connectivity index (χ3n) is 8.54. The third-order valence-corrected chi connectivity index (χ3v) is 8.54. The molecular weight excluding hydrogens is 731 g/mol. The van der Waals surface area contributed by atoms with Gasteiger partial charge in [0, 0.05) is 12.6 Å². The first kappa shape index (κ1) is 38.3. The van der Waals surface area contributed by atoms with Gasteiger partial charge in [0.25, 0.3) is 11.8 Å². The van der Waals surface area contributed by atoms with Crippen LogP contribution in [0.5, 0.6) is 5.75 Å². The molecule has 57 heavy (non-hydrogen) atoms. The first-order chi connectivity index (χ1) is 27.1. The lowest BCUT2D eigenvalue weighted by Gasteiger charge is -2.30. The fourth-order valence-electron chi connectivity index (χ4n) is 5.92. The van der Waals surface area contributed by atoms with Crippen molar-refractivity contribution in [1.82, 2.24) is 40.1 Å². The van der Waals surface area contributed by atoms with Crippen LogP contribution < -0.4 is 15.0 Å². The Morgan fingerprint density at radius 3 is 2.04 bits per heavy atom. The summed E-state index contributed by atoms with van der Waals surface area (Å²) in [5.74, 6) is -0.757. The minimum absolute atomic E-state index is 0.111. The number of hydrogen-bond donors (Lipinski definition) is 1. The van der Waals surface area contributed by atoms with Gasteiger partial charge < -0.3 is 24.4 Å². The molecule has 0 bridgehead atoms. The first-order valence-corrected chi connectivity index (χ1v) is 18.2. The predicted octanol–water partition coefficient (Wildman–Crippen LogP) is 5.20. The Kier molecular flexibility index (Phi) is 10.3. The monoisotopic (exact) mass is 771 g/mol. The molecule has 2 amide bonds. The normalized spacial score (nSPS) is 12.9. The number of benzene rings is 3. The topological polar surface area (TPSA) is 185 Å². The van der Waals surface area contributed by atoms with Gasteiger partial charge in [-0.1, -0.05) is 30.3 Å². The lowest BCUT2D eigenvalue weighted by molar-refractivity contribution is -0.121. The molecular formula is C41H41N9O7. The Labute approximate surface area is 327 Å². The van der Waals surface area contributed by atoms with Crippen LogP contribution in [0, 0.1) is 0 Å². The second-order valence-electron chi connectivity index (χ2n) is 15.4. The number of aromatic nitrogens is 7. The summed E-state index contributed by atoms with van der Waals surface area (Å²) in [6.07, 6.45) is 1.56. The molecule has 3 aromatic heterocycles. The van der Waals surface area contributed by atoms with E-state index >= 15 is 0 Å². The summed E-state index contributed by atoms with van der Waals surface area (Å²) in [5.41, 5.74) is 3.48. The molecule has 0 spiro atoms. The predicted molar refractivity (Wildman–Crippen MR) is 206 cm³/mol. The molecule has 6 aromatic rings. The molecule has 16 heteroatoms. The summed E-state index contributed by atoms with van der Waals surface area (Å²) in [6, 6.07) is 22.5. The van der Waals surface area contributed by atoms with E-state index in [2.05, 4.69) is 30.8 Å². The minimum atomic E-state index is -0.617. The van der Waals surface area contributed by atoms with Crippen LogP contribution in [-0.4, -0.2) is 76.4 Å². The highest BCUT2D eigenvalue weighted by Gasteiger charge is 2.27. The van der Waals surface area contributed by atoms with E-state index in [0.29, 0.717) is 33.9 Å². The molecule has 292 valence electrons. The maximum atomic E-state index is 13.5. The van der Waals surface area contributed by atoms with E-state index < -0.39 is 29.0 Å². The van der Waals surface area contributed by atoms with Crippen LogP contribution in [0.3, 0.4) is 0 Å². The first-order valence-electron chi connectivity index (χ1n) is 18.2. The van der Waals surface area contributed by atoms with E-state index in [4.69, 9.17) is 14.2 Å². The Morgan fingerprint density at radius 2 is 1.40 bits per heavy atom. The summed E-state index contributed by atoms with van der Waals surface area (Å²) >= 11 is 0. The van der Waals surface area contributed by atoms with Crippen LogP contribution in [0.2, 0.25) is 0 Å². The molecule has 4 heterocycles. The molecule has 0 radical (unpaired) electrons. The van der Waals surface area contributed by atoms with Crippen LogP contribution in [0.1, 0.15) is 89.4 Å². The fourth-order valence-corrected chi connectivity index (χ4v) is 5.92. The number of nitrogens with one attached hydrogen (secondary N) is 1. The van der Waals surface area contributed by atoms with Crippen LogP contribution in [0.25, 0.3) is 17.2 Å². The molecule has 0 fully saturated rings. The Balaban J connectivity index is 1.03. The quantitative estimate of drug-likeness (QED) is 0.180. The summed E-state index contributed by atoms with van der Waals surface area (Å²) in [4.78, 5) is 59.0. The van der Waals surface area contributed by atoms with Crippen molar-refractivity contribution in [3.63, 3.8) is 0 Å². The lowest BCUT2D eigenvalue weighted by Crippen LogP contribution is -2.38. The molecule has 1 aliphatic heterocycles. The second kappa shape index (κ2) is 15.3. The zero-order chi connectivity index (χ0) is 40.5. The number of amides is 2. The van der Waals surface area contributed by atoms with Gasteiger partial charge in [-0.3, -0.25) is 9.59 Å². The Morgan fingerprint density at radius 1 is 0.789 bits per heavy atom. The molecule has 3 aromatic carbocycles. The van der Waals surface area contributed by atoms with E-state index in [1.807, 2.05) is 47.6 Å². The van der Waals surface area contributed by atoms with Gasteiger partial charge >= 0.3 is 11.9 Å². The average Bonchev–Trinajstić information content (AvgIpc) is 3.84. The number of fused-ring (bicyclic) bond motifs is 2. The summed E-state index contributed by atoms with van der Waals surface area (Å²) in [7, 11) is 0. The summed E-state index contributed by atoms with van der Waals surface area (Å²) in [6.45, 7) is 11.4. The SMILES string of the molecule is CC(C)(C)OC(=O)c1ccc(CN2C(=O)COc3ccc(CNC(=O)c4cc(-c5nnn(Cc6ccc(C(=O)OC(C)(C)C)cc6)n5)n5nccc5n4)cc32)cc1. The highest BCUT2D eigenvalue weighted by Crippen LogP contribution is 2.34. The number of carbonyl (C=O) groups is 4. The standard InChI is InChI=1S/C41H41N9O7/c1-40(2,3)56-38(53)28-12-7-25(8-13-28)22-48-31-19-27(11-16-33(31)55-24-35(48)51)21-42-37(52)30-20-32(50-34(44-30)17-18-43-50)36-45-47-49(46-36)23-26-9-14-29(15-10-26)39(54)57-41(4,5)6/h7-20H,21-24H2,1-6H3,(H,42,52). The molecule has 0 aliphatic carbocycles. The Hall–Kier alpha value is -6.97. The zero-order valence-electron chi connectivity index (χ0n) is 32.3. The van der Waals surface area contributed by atoms with Crippen molar-refractivity contribution in [2.45, 2.75) is 72.4 Å². The van der Waals surface area contributed by atoms with Crippen LogP contribution in [0.4, 0.5) is 5.69 Å². The van der Waals surface area contributed by atoms with Gasteiger partial charge in [-0.2, -0.15) is 9.90 Å². The summed E-state index contributed by atoms with van der Waals surface area (Å²) < 4.78 is 18.1. The lowest BCUT2D eigenvalue weighted by atomic mass is 10.1. The number of rotatable bonds is 10. The van der Waals surface area contributed by atoms with Crippen molar-refractivity contribution < 1.29 is 33.4 Å². The van der Waals surface area contributed by atoms with Crippen molar-refractivity contribution in [3.8, 4) is 17.3 Å². The van der Waals surface area contributed by atoms with Crippen LogP contribution >= 0.6 is 0 Å². The van der Waals surface area contributed by atoms with E-state index in [1.165, 1.54) is 9.31 Å². The van der Waals surface area contributed by atoms with Crippen LogP contribution in [0.15, 0.2) is 85.1 Å². The highest BCUT2D eigenvalue weighted by atomic mass is 16.6. The largest absolute Gasteiger partial charge is 0.482 e. The molecule has 0 saturated carbocycles. The van der Waals surface area contributed by atoms with Gasteiger partial charge in [-0.25, -0.2) is 19.1 Å². The number of anilines is 1. The van der Waals surface area contributed by atoms with Crippen molar-refractivity contribution in [2.75, 3.05) is 11.5 Å². The van der Waals surface area contributed by atoms with E-state index in [1.54, 1.807) is 83.9 Å². The molecule has 1 N–H and O–H groups in total. The molecule has 0 saturated heterocycles. The number of nitrogens with zero attached hydrogens (tertiary/aromatic N) is 8. The van der Waals surface area contributed by atoms with Crippen molar-refractivity contribution in [2.24, 2.45) is 0 Å². The van der Waals surface area contributed by atoms with E-state index in [-0.39, 0.29) is 43.7 Å². The smallest absolute Gasteiger partial charge is 0.338 e. The van der Waals surface area contributed by atoms with Gasteiger partial charge in [-0.15, -0.1) is 10.2 Å². The third kappa shape index (κ3) is 9.12. The number of hydrogen-bond acceptors (Lipinski definition) is 12. The number of esters is 2. The summed E-state index contributed by atoms with van der Waals surface area (Å²) in [5, 5.41) is 20.2. The Bertz CT molecular complexity index is 2480. The molecule has 16 nitrogen and oxygen atoms in total. The highest BCUT2D eigenvalue weighted by molar-refractivity contribution is 5.98. The van der Waals surface area contributed by atoms with Gasteiger partial charge in [0.05, 0.1) is 36.1 Å². The zero-order valence-corrected chi connectivity index (χ0v) is 32.3. The van der Waals surface area contributed by atoms with E-state index in [0.717, 1.165) is 16.7 Å². The van der Waals surface area contributed by atoms with Crippen molar-refractivity contribution in [3.05, 3.63) is 119 Å². The number of ether oxygens (including phenoxy) is 3. The fraction of sp³-hybridized carbons (Fsp3) is 0.293. The van der Waals surface area contributed by atoms with Crippen LogP contribution in [-0.2, 0) is 33.9 Å². The average molecular weight is 772 g/mol.